The zero-order valence-electron chi connectivity index (χ0n) is 30.4. The van der Waals surface area contributed by atoms with Gasteiger partial charge in [0.05, 0.1) is 31.2 Å². The van der Waals surface area contributed by atoms with Crippen LogP contribution in [-0.4, -0.2) is 96.5 Å². The third-order valence-corrected chi connectivity index (χ3v) is 11.3. The first kappa shape index (κ1) is 35.4. The fourth-order valence-corrected chi connectivity index (χ4v) is 9.04. The topological polar surface area (TPSA) is 126 Å². The Bertz CT molecular complexity index is 1710. The second-order valence-electron chi connectivity index (χ2n) is 15.1. The van der Waals surface area contributed by atoms with E-state index >= 15 is 0 Å². The van der Waals surface area contributed by atoms with Crippen molar-refractivity contribution in [3.8, 4) is 28.4 Å². The quantitative estimate of drug-likeness (QED) is 0.234. The summed E-state index contributed by atoms with van der Waals surface area (Å²) in [5, 5.41) is 18.7. The molecule has 1 aromatic heterocycles. The number of carboxylic acid groups (broad SMARTS) is 1. The highest BCUT2D eigenvalue weighted by molar-refractivity contribution is 5.98. The number of ether oxygens (including phenoxy) is 2. The van der Waals surface area contributed by atoms with Gasteiger partial charge >= 0.3 is 5.97 Å². The Balaban J connectivity index is 1.46. The molecule has 4 aliphatic carbocycles. The molecular formula is C39H51N5O6. The average molecular weight is 686 g/mol. The molecule has 3 aromatic rings. The van der Waals surface area contributed by atoms with Gasteiger partial charge in [0.2, 0.25) is 0 Å². The average Bonchev–Trinajstić information content (AvgIpc) is 3.53. The summed E-state index contributed by atoms with van der Waals surface area (Å²) in [6, 6.07) is 12.7. The Morgan fingerprint density at radius 3 is 2.10 bits per heavy atom. The summed E-state index contributed by atoms with van der Waals surface area (Å²) in [5.41, 5.74) is 1.90. The number of nitrogens with zero attached hydrogens (tertiary/aromatic N) is 4. The molecule has 50 heavy (non-hydrogen) atoms. The lowest BCUT2D eigenvalue weighted by Gasteiger charge is -2.59. The second-order valence-corrected chi connectivity index (χ2v) is 15.1. The van der Waals surface area contributed by atoms with E-state index in [-0.39, 0.29) is 29.4 Å². The van der Waals surface area contributed by atoms with Crippen LogP contribution in [0.25, 0.3) is 16.9 Å². The molecule has 0 aliphatic heterocycles. The van der Waals surface area contributed by atoms with Gasteiger partial charge in [-0.25, -0.2) is 9.48 Å². The summed E-state index contributed by atoms with van der Waals surface area (Å²) in [6.45, 7) is 5.60. The first-order valence-corrected chi connectivity index (χ1v) is 17.8. The first-order chi connectivity index (χ1) is 23.9. The molecular weight excluding hydrogens is 634 g/mol. The lowest BCUT2D eigenvalue weighted by atomic mass is 9.48. The number of aliphatic carboxylic acids is 1. The van der Waals surface area contributed by atoms with Crippen LogP contribution in [0, 0.1) is 23.7 Å². The van der Waals surface area contributed by atoms with E-state index in [0.29, 0.717) is 52.4 Å². The molecule has 2 N–H and O–H groups in total. The number of aromatic nitrogens is 2. The van der Waals surface area contributed by atoms with Crippen molar-refractivity contribution in [3.05, 3.63) is 59.3 Å². The molecule has 2 aromatic carbocycles. The van der Waals surface area contributed by atoms with Gasteiger partial charge in [-0.1, -0.05) is 26.0 Å². The van der Waals surface area contributed by atoms with E-state index in [0.717, 1.165) is 50.6 Å². The lowest BCUT2D eigenvalue weighted by molar-refractivity contribution is -0.163. The molecule has 11 heteroatoms. The van der Waals surface area contributed by atoms with Crippen molar-refractivity contribution < 1.29 is 29.0 Å². The Morgan fingerprint density at radius 2 is 1.56 bits per heavy atom. The van der Waals surface area contributed by atoms with Gasteiger partial charge in [-0.15, -0.1) is 0 Å². The number of benzene rings is 2. The summed E-state index contributed by atoms with van der Waals surface area (Å²) < 4.78 is 13.3. The van der Waals surface area contributed by atoms with Crippen LogP contribution in [0.5, 0.6) is 11.5 Å². The lowest BCUT2D eigenvalue weighted by Crippen LogP contribution is -2.70. The van der Waals surface area contributed by atoms with Crippen LogP contribution in [0.1, 0.15) is 84.7 Å². The number of carbonyl (C=O) groups is 3. The number of methoxy groups -OCH3 is 2. The van der Waals surface area contributed by atoms with Gasteiger partial charge < -0.3 is 29.7 Å². The molecule has 4 aliphatic rings. The van der Waals surface area contributed by atoms with E-state index < -0.39 is 17.4 Å². The fourth-order valence-electron chi connectivity index (χ4n) is 9.04. The standard InChI is InChI=1S/C39H51N5O6/c1-23(2)29-13-12-26(37(46)43(5)15-9-14-42(3)4)21-31(29)44-32(35-33(49-6)10-8-11-34(35)50-7)22-30(41-44)36(45)40-39(38(47)48)27-17-24-16-25(19-27)20-28(39)18-24/h8,10-13,21-25,27-28H,9,14-20H2,1-7H3,(H,40,45)(H,47,48). The summed E-state index contributed by atoms with van der Waals surface area (Å²) in [5.74, 6) is 0.294. The van der Waals surface area contributed by atoms with Crippen LogP contribution in [0.4, 0.5) is 0 Å². The summed E-state index contributed by atoms with van der Waals surface area (Å²) in [4.78, 5) is 45.0. The van der Waals surface area contributed by atoms with Crippen molar-refractivity contribution in [2.75, 3.05) is 48.5 Å². The number of carboxylic acids is 1. The minimum Gasteiger partial charge on any atom is -0.496 e. The van der Waals surface area contributed by atoms with Crippen molar-refractivity contribution >= 4 is 17.8 Å². The van der Waals surface area contributed by atoms with Gasteiger partial charge in [0, 0.05) is 19.2 Å². The van der Waals surface area contributed by atoms with E-state index in [9.17, 15) is 19.5 Å². The van der Waals surface area contributed by atoms with E-state index in [1.165, 1.54) is 0 Å². The molecule has 2 amide bonds. The van der Waals surface area contributed by atoms with Crippen LogP contribution in [0.3, 0.4) is 0 Å². The number of amides is 2. The van der Waals surface area contributed by atoms with Crippen molar-refractivity contribution in [1.82, 2.24) is 24.9 Å². The maximum atomic E-state index is 14.3. The predicted molar refractivity (Wildman–Crippen MR) is 191 cm³/mol. The van der Waals surface area contributed by atoms with Crippen LogP contribution >= 0.6 is 0 Å². The van der Waals surface area contributed by atoms with Crippen molar-refractivity contribution in [3.63, 3.8) is 0 Å². The van der Waals surface area contributed by atoms with Gasteiger partial charge in [0.1, 0.15) is 17.0 Å². The third-order valence-electron chi connectivity index (χ3n) is 11.3. The van der Waals surface area contributed by atoms with Gasteiger partial charge in [-0.3, -0.25) is 9.59 Å². The van der Waals surface area contributed by atoms with Gasteiger partial charge in [-0.05, 0) is 125 Å². The molecule has 7 rings (SSSR count). The summed E-state index contributed by atoms with van der Waals surface area (Å²) in [7, 11) is 8.96. The molecule has 1 heterocycles. The first-order valence-electron chi connectivity index (χ1n) is 17.8. The highest BCUT2D eigenvalue weighted by atomic mass is 16.5. The maximum absolute atomic E-state index is 14.3. The van der Waals surface area contributed by atoms with E-state index in [1.807, 2.05) is 50.5 Å². The Kier molecular flexibility index (Phi) is 9.99. The van der Waals surface area contributed by atoms with Gasteiger partial charge in [-0.2, -0.15) is 5.10 Å². The normalized spacial score (nSPS) is 23.7. The second kappa shape index (κ2) is 14.1. The van der Waals surface area contributed by atoms with Crippen LogP contribution < -0.4 is 14.8 Å². The maximum Gasteiger partial charge on any atom is 0.330 e. The van der Waals surface area contributed by atoms with Crippen molar-refractivity contribution in [2.24, 2.45) is 23.7 Å². The molecule has 268 valence electrons. The van der Waals surface area contributed by atoms with Crippen LogP contribution in [0.15, 0.2) is 42.5 Å². The third kappa shape index (κ3) is 6.36. The molecule has 4 saturated carbocycles. The van der Waals surface area contributed by atoms with E-state index in [2.05, 4.69) is 24.1 Å². The monoisotopic (exact) mass is 685 g/mol. The SMILES string of the molecule is COc1cccc(OC)c1-c1cc(C(=O)NC2(C(=O)O)C3CC4CC(C3)CC2C4)nn1-c1cc(C(=O)N(C)CCCN(C)C)ccc1C(C)C. The van der Waals surface area contributed by atoms with Crippen LogP contribution in [-0.2, 0) is 4.79 Å². The number of hydrogen-bond acceptors (Lipinski definition) is 7. The highest BCUT2D eigenvalue weighted by Crippen LogP contribution is 2.58. The molecule has 4 fully saturated rings. The summed E-state index contributed by atoms with van der Waals surface area (Å²) in [6.07, 6.45) is 5.28. The van der Waals surface area contributed by atoms with Crippen molar-refractivity contribution in [2.45, 2.75) is 63.8 Å². The predicted octanol–water partition coefficient (Wildman–Crippen LogP) is 5.71. The van der Waals surface area contributed by atoms with Gasteiger partial charge in [0.25, 0.3) is 11.8 Å². The summed E-state index contributed by atoms with van der Waals surface area (Å²) >= 11 is 0. The van der Waals surface area contributed by atoms with Crippen LogP contribution in [0.2, 0.25) is 0 Å². The molecule has 0 radical (unpaired) electrons. The molecule has 11 nitrogen and oxygen atoms in total. The number of nitrogens with one attached hydrogen (secondary N) is 1. The Labute approximate surface area is 294 Å². The number of rotatable bonds is 13. The van der Waals surface area contributed by atoms with E-state index in [4.69, 9.17) is 14.6 Å². The Hall–Kier alpha value is -4.38. The highest BCUT2D eigenvalue weighted by Gasteiger charge is 2.62. The Morgan fingerprint density at radius 1 is 0.940 bits per heavy atom. The zero-order valence-corrected chi connectivity index (χ0v) is 30.4. The minimum atomic E-state index is -1.33. The minimum absolute atomic E-state index is 0.0455. The molecule has 4 bridgehead atoms. The number of hydrogen-bond donors (Lipinski definition) is 2. The fraction of sp³-hybridized carbons (Fsp3) is 0.538. The zero-order chi connectivity index (χ0) is 35.9. The smallest absolute Gasteiger partial charge is 0.330 e. The van der Waals surface area contributed by atoms with Crippen molar-refractivity contribution in [1.29, 1.82) is 0 Å². The van der Waals surface area contributed by atoms with E-state index in [1.54, 1.807) is 36.9 Å². The largest absolute Gasteiger partial charge is 0.496 e. The molecule has 0 unspecified atom stereocenters. The molecule has 0 saturated heterocycles. The molecule has 0 spiro atoms. The van der Waals surface area contributed by atoms with Gasteiger partial charge in [0.15, 0.2) is 5.69 Å². The number of carbonyl (C=O) groups excluding carboxylic acids is 2. The molecule has 0 atom stereocenters.